The summed E-state index contributed by atoms with van der Waals surface area (Å²) in [4.78, 5) is 0. The summed E-state index contributed by atoms with van der Waals surface area (Å²) in [5.41, 5.74) is 1.34. The summed E-state index contributed by atoms with van der Waals surface area (Å²) in [5, 5.41) is 18.3. The van der Waals surface area contributed by atoms with Crippen LogP contribution in [-0.2, 0) is 5.60 Å². The SMILES string of the molecule is Cc1ccc(-n2cc(C(C)(C)O)nn2)c(Cl)c1. The third-order valence-electron chi connectivity index (χ3n) is 2.47. The minimum absolute atomic E-state index is 0.508. The summed E-state index contributed by atoms with van der Waals surface area (Å²) in [6, 6.07) is 5.69. The lowest BCUT2D eigenvalue weighted by molar-refractivity contribution is 0.0737. The van der Waals surface area contributed by atoms with Crippen LogP contribution in [0.5, 0.6) is 0 Å². The van der Waals surface area contributed by atoms with E-state index in [1.165, 1.54) is 0 Å². The van der Waals surface area contributed by atoms with Crippen LogP contribution in [0.2, 0.25) is 5.02 Å². The molecule has 1 aromatic carbocycles. The van der Waals surface area contributed by atoms with Crippen molar-refractivity contribution in [2.75, 3.05) is 0 Å². The van der Waals surface area contributed by atoms with Crippen molar-refractivity contribution < 1.29 is 5.11 Å². The van der Waals surface area contributed by atoms with E-state index in [2.05, 4.69) is 10.3 Å². The molecule has 0 radical (unpaired) electrons. The molecule has 2 aromatic rings. The molecule has 90 valence electrons. The van der Waals surface area contributed by atoms with Gasteiger partial charge in [-0.1, -0.05) is 22.9 Å². The van der Waals surface area contributed by atoms with Crippen LogP contribution in [-0.4, -0.2) is 20.1 Å². The monoisotopic (exact) mass is 251 g/mol. The number of nitrogens with zero attached hydrogens (tertiary/aromatic N) is 3. The standard InChI is InChI=1S/C12H14ClN3O/c1-8-4-5-10(9(13)6-8)16-7-11(14-15-16)12(2,3)17/h4-7,17H,1-3H3. The summed E-state index contributed by atoms with van der Waals surface area (Å²) in [6.45, 7) is 5.30. The molecule has 0 aliphatic rings. The van der Waals surface area contributed by atoms with Gasteiger partial charge in [0.05, 0.1) is 16.9 Å². The number of hydrogen-bond donors (Lipinski definition) is 1. The van der Waals surface area contributed by atoms with Crippen molar-refractivity contribution in [1.82, 2.24) is 15.0 Å². The van der Waals surface area contributed by atoms with Crippen LogP contribution in [0.15, 0.2) is 24.4 Å². The fraction of sp³-hybridized carbons (Fsp3) is 0.333. The van der Waals surface area contributed by atoms with E-state index >= 15 is 0 Å². The van der Waals surface area contributed by atoms with E-state index in [4.69, 9.17) is 11.6 Å². The molecule has 1 aromatic heterocycles. The Bertz CT molecular complexity index is 543. The Morgan fingerprint density at radius 3 is 2.59 bits per heavy atom. The fourth-order valence-corrected chi connectivity index (χ4v) is 1.78. The van der Waals surface area contributed by atoms with Crippen molar-refractivity contribution in [2.45, 2.75) is 26.4 Å². The van der Waals surface area contributed by atoms with Gasteiger partial charge in [0.15, 0.2) is 0 Å². The van der Waals surface area contributed by atoms with Crippen molar-refractivity contribution in [3.05, 3.63) is 40.7 Å². The second-order valence-corrected chi connectivity index (χ2v) is 4.97. The summed E-state index contributed by atoms with van der Waals surface area (Å²) < 4.78 is 1.56. The Kier molecular flexibility index (Phi) is 2.93. The van der Waals surface area contributed by atoms with Crippen molar-refractivity contribution in [2.24, 2.45) is 0 Å². The van der Waals surface area contributed by atoms with Crippen LogP contribution >= 0.6 is 11.6 Å². The van der Waals surface area contributed by atoms with E-state index in [0.717, 1.165) is 11.3 Å². The molecule has 0 atom stereocenters. The van der Waals surface area contributed by atoms with Gasteiger partial charge in [0.2, 0.25) is 0 Å². The maximum absolute atomic E-state index is 9.81. The first-order chi connectivity index (χ1) is 7.88. The van der Waals surface area contributed by atoms with Gasteiger partial charge < -0.3 is 5.11 Å². The van der Waals surface area contributed by atoms with E-state index in [0.29, 0.717) is 10.7 Å². The second kappa shape index (κ2) is 4.13. The highest BCUT2D eigenvalue weighted by Crippen LogP contribution is 2.23. The largest absolute Gasteiger partial charge is 0.384 e. The number of aryl methyl sites for hydroxylation is 1. The quantitative estimate of drug-likeness (QED) is 0.892. The second-order valence-electron chi connectivity index (χ2n) is 4.56. The minimum Gasteiger partial charge on any atom is -0.384 e. The lowest BCUT2D eigenvalue weighted by atomic mass is 10.1. The van der Waals surface area contributed by atoms with Gasteiger partial charge in [-0.2, -0.15) is 0 Å². The molecule has 17 heavy (non-hydrogen) atoms. The Balaban J connectivity index is 2.44. The first-order valence-corrected chi connectivity index (χ1v) is 5.67. The Hall–Kier alpha value is -1.39. The molecule has 2 rings (SSSR count). The molecule has 0 fully saturated rings. The van der Waals surface area contributed by atoms with Crippen LogP contribution < -0.4 is 0 Å². The van der Waals surface area contributed by atoms with Gasteiger partial charge in [-0.3, -0.25) is 0 Å². The molecule has 5 heteroatoms. The predicted molar refractivity (Wildman–Crippen MR) is 66.4 cm³/mol. The summed E-state index contributed by atoms with van der Waals surface area (Å²) in [7, 11) is 0. The van der Waals surface area contributed by atoms with Crippen molar-refractivity contribution in [3.63, 3.8) is 0 Å². The molecule has 0 spiro atoms. The van der Waals surface area contributed by atoms with Gasteiger partial charge in [-0.25, -0.2) is 4.68 Å². The Labute approximate surface area is 105 Å². The third-order valence-corrected chi connectivity index (χ3v) is 2.77. The van der Waals surface area contributed by atoms with Gasteiger partial charge in [-0.15, -0.1) is 5.10 Å². The van der Waals surface area contributed by atoms with Gasteiger partial charge in [0.1, 0.15) is 11.3 Å². The Morgan fingerprint density at radius 2 is 2.06 bits per heavy atom. The molecule has 0 aliphatic carbocycles. The molecule has 1 heterocycles. The zero-order chi connectivity index (χ0) is 12.6. The van der Waals surface area contributed by atoms with E-state index in [-0.39, 0.29) is 0 Å². The molecule has 1 N–H and O–H groups in total. The van der Waals surface area contributed by atoms with Gasteiger partial charge >= 0.3 is 0 Å². The number of halogens is 1. The third kappa shape index (κ3) is 2.48. The molecular formula is C12H14ClN3O. The topological polar surface area (TPSA) is 50.9 Å². The van der Waals surface area contributed by atoms with Gasteiger partial charge in [0.25, 0.3) is 0 Å². The molecule has 0 amide bonds. The minimum atomic E-state index is -1.00. The van der Waals surface area contributed by atoms with Crippen LogP contribution in [0.4, 0.5) is 0 Å². The average Bonchev–Trinajstić information content (AvgIpc) is 2.65. The van der Waals surface area contributed by atoms with Crippen molar-refractivity contribution in [1.29, 1.82) is 0 Å². The first kappa shape index (κ1) is 12.1. The zero-order valence-corrected chi connectivity index (χ0v) is 10.7. The van der Waals surface area contributed by atoms with E-state index in [9.17, 15) is 5.11 Å². The average molecular weight is 252 g/mol. The smallest absolute Gasteiger partial charge is 0.114 e. The molecule has 4 nitrogen and oxygen atoms in total. The van der Waals surface area contributed by atoms with E-state index in [1.807, 2.05) is 25.1 Å². The van der Waals surface area contributed by atoms with Crippen molar-refractivity contribution in [3.8, 4) is 5.69 Å². The molecular weight excluding hydrogens is 238 g/mol. The lowest BCUT2D eigenvalue weighted by Crippen LogP contribution is -2.15. The maximum Gasteiger partial charge on any atom is 0.114 e. The molecule has 0 aliphatic heterocycles. The van der Waals surface area contributed by atoms with Gasteiger partial charge in [-0.05, 0) is 38.5 Å². The first-order valence-electron chi connectivity index (χ1n) is 5.29. The lowest BCUT2D eigenvalue weighted by Gasteiger charge is -2.11. The molecule has 0 saturated heterocycles. The summed E-state index contributed by atoms with van der Waals surface area (Å²) >= 11 is 6.14. The van der Waals surface area contributed by atoms with Crippen LogP contribution in [0.1, 0.15) is 25.1 Å². The van der Waals surface area contributed by atoms with Crippen LogP contribution in [0.25, 0.3) is 5.69 Å². The highest BCUT2D eigenvalue weighted by atomic mass is 35.5. The fourth-order valence-electron chi connectivity index (χ4n) is 1.46. The number of hydrogen-bond acceptors (Lipinski definition) is 3. The predicted octanol–water partition coefficient (Wildman–Crippen LogP) is 2.46. The van der Waals surface area contributed by atoms with Crippen molar-refractivity contribution >= 4 is 11.6 Å². The van der Waals surface area contributed by atoms with Gasteiger partial charge in [0, 0.05) is 0 Å². The molecule has 0 bridgehead atoms. The molecule has 0 saturated carbocycles. The summed E-state index contributed by atoms with van der Waals surface area (Å²) in [5.74, 6) is 0. The summed E-state index contributed by atoms with van der Waals surface area (Å²) in [6.07, 6.45) is 1.68. The molecule has 0 unspecified atom stereocenters. The highest BCUT2D eigenvalue weighted by molar-refractivity contribution is 6.32. The maximum atomic E-state index is 9.81. The van der Waals surface area contributed by atoms with E-state index in [1.54, 1.807) is 24.7 Å². The highest BCUT2D eigenvalue weighted by Gasteiger charge is 2.20. The number of aliphatic hydroxyl groups is 1. The normalized spacial score (nSPS) is 11.8. The number of benzene rings is 1. The number of aromatic nitrogens is 3. The zero-order valence-electron chi connectivity index (χ0n) is 9.98. The number of rotatable bonds is 2. The van der Waals surface area contributed by atoms with Crippen LogP contribution in [0.3, 0.4) is 0 Å². The van der Waals surface area contributed by atoms with E-state index < -0.39 is 5.60 Å². The Morgan fingerprint density at radius 1 is 1.35 bits per heavy atom. The van der Waals surface area contributed by atoms with Crippen LogP contribution in [0, 0.1) is 6.92 Å².